The predicted molar refractivity (Wildman–Crippen MR) is 114 cm³/mol. The van der Waals surface area contributed by atoms with E-state index < -0.39 is 9.84 Å². The Balaban J connectivity index is 1.97. The van der Waals surface area contributed by atoms with Crippen LogP contribution in [0, 0.1) is 6.92 Å². The first-order chi connectivity index (χ1) is 14.0. The van der Waals surface area contributed by atoms with E-state index in [-0.39, 0.29) is 15.3 Å². The first-order valence-corrected chi connectivity index (χ1v) is 10.9. The van der Waals surface area contributed by atoms with Gasteiger partial charge in [0.15, 0.2) is 0 Å². The average Bonchev–Trinajstić information content (AvgIpc) is 2.74. The number of benzene rings is 3. The second kappa shape index (κ2) is 7.68. The molecule has 0 aliphatic heterocycles. The van der Waals surface area contributed by atoms with Crippen molar-refractivity contribution in [2.45, 2.75) is 30.1 Å². The van der Waals surface area contributed by atoms with E-state index in [1.807, 2.05) is 49.4 Å². The van der Waals surface area contributed by atoms with Gasteiger partial charge in [-0.3, -0.25) is 0 Å². The molecular weight excluding hydrogens is 382 g/mol. The summed E-state index contributed by atoms with van der Waals surface area (Å²) in [5.74, 6) is 0. The Kier molecular flexibility index (Phi) is 5.07. The number of sulfone groups is 1. The summed E-state index contributed by atoms with van der Waals surface area (Å²) in [6.07, 6.45) is 0.924. The third kappa shape index (κ3) is 3.87. The van der Waals surface area contributed by atoms with Gasteiger partial charge in [0.1, 0.15) is 10.5 Å². The van der Waals surface area contributed by atoms with Gasteiger partial charge in [0.05, 0.1) is 10.6 Å². The van der Waals surface area contributed by atoms with Crippen molar-refractivity contribution in [1.82, 2.24) is 0 Å². The second-order valence-corrected chi connectivity index (χ2v) is 8.82. The Hall–Kier alpha value is -3.18. The number of nitrogens with zero attached hydrogens (tertiary/aromatic N) is 1. The van der Waals surface area contributed by atoms with Gasteiger partial charge in [-0.1, -0.05) is 55.0 Å². The van der Waals surface area contributed by atoms with Gasteiger partial charge in [-0.05, 0) is 55.3 Å². The van der Waals surface area contributed by atoms with Gasteiger partial charge < -0.3 is 4.42 Å². The summed E-state index contributed by atoms with van der Waals surface area (Å²) < 4.78 is 32.7. The summed E-state index contributed by atoms with van der Waals surface area (Å²) in [6.45, 7) is 4.00. The quantitative estimate of drug-likeness (QED) is 0.460. The molecule has 0 unspecified atom stereocenters. The molecule has 0 bridgehead atoms. The molecule has 0 spiro atoms. The van der Waals surface area contributed by atoms with E-state index in [1.165, 1.54) is 5.56 Å². The first-order valence-electron chi connectivity index (χ1n) is 9.46. The number of para-hydroxylation sites is 1. The highest BCUT2D eigenvalue weighted by atomic mass is 32.2. The molecule has 4 rings (SSSR count). The number of rotatable bonds is 4. The van der Waals surface area contributed by atoms with Crippen LogP contribution in [0.3, 0.4) is 0 Å². The zero-order valence-corrected chi connectivity index (χ0v) is 17.1. The van der Waals surface area contributed by atoms with E-state index in [2.05, 4.69) is 11.9 Å². The largest absolute Gasteiger partial charge is 0.437 e. The molecule has 5 heteroatoms. The average molecular weight is 404 g/mol. The fourth-order valence-electron chi connectivity index (χ4n) is 3.09. The van der Waals surface area contributed by atoms with Crippen LogP contribution in [-0.4, -0.2) is 8.42 Å². The fourth-order valence-corrected chi connectivity index (χ4v) is 4.44. The van der Waals surface area contributed by atoms with E-state index in [1.54, 1.807) is 36.4 Å². The molecule has 29 heavy (non-hydrogen) atoms. The van der Waals surface area contributed by atoms with Gasteiger partial charge in [-0.25, -0.2) is 13.4 Å². The molecule has 0 atom stereocenters. The lowest BCUT2D eigenvalue weighted by Gasteiger charge is -2.07. The summed E-state index contributed by atoms with van der Waals surface area (Å²) in [6, 6.07) is 23.4. The van der Waals surface area contributed by atoms with Crippen LogP contribution in [0.15, 0.2) is 98.1 Å². The standard InChI is InChI=1S/C24H21NO3S/c1-3-18-10-12-20(13-11-18)25-24-23(16-19-6-4-5-7-22(19)28-24)29(26,27)21-14-8-17(2)9-15-21/h4-16H,3H2,1-2H3. The highest BCUT2D eigenvalue weighted by molar-refractivity contribution is 7.91. The summed E-state index contributed by atoms with van der Waals surface area (Å²) in [7, 11) is -3.80. The van der Waals surface area contributed by atoms with E-state index in [9.17, 15) is 8.42 Å². The van der Waals surface area contributed by atoms with E-state index >= 15 is 0 Å². The van der Waals surface area contributed by atoms with Crippen molar-refractivity contribution in [2.75, 3.05) is 0 Å². The van der Waals surface area contributed by atoms with Crippen molar-refractivity contribution < 1.29 is 12.8 Å². The van der Waals surface area contributed by atoms with Gasteiger partial charge in [0, 0.05) is 5.39 Å². The van der Waals surface area contributed by atoms with Gasteiger partial charge >= 0.3 is 0 Å². The Labute approximate surface area is 170 Å². The minimum absolute atomic E-state index is 0.0552. The highest BCUT2D eigenvalue weighted by Crippen LogP contribution is 2.23. The van der Waals surface area contributed by atoms with E-state index in [4.69, 9.17) is 4.42 Å². The van der Waals surface area contributed by atoms with E-state index in [0.29, 0.717) is 16.7 Å². The van der Waals surface area contributed by atoms with Crippen molar-refractivity contribution in [3.8, 4) is 0 Å². The second-order valence-electron chi connectivity index (χ2n) is 6.90. The number of fused-ring (bicyclic) bond motifs is 1. The molecule has 1 heterocycles. The monoisotopic (exact) mass is 403 g/mol. The third-order valence-electron chi connectivity index (χ3n) is 4.82. The Morgan fingerprint density at radius 3 is 2.28 bits per heavy atom. The zero-order chi connectivity index (χ0) is 20.4. The molecular formula is C24H21NO3S. The van der Waals surface area contributed by atoms with Crippen LogP contribution in [-0.2, 0) is 16.3 Å². The van der Waals surface area contributed by atoms with Gasteiger partial charge in [0.2, 0.25) is 15.4 Å². The molecule has 0 saturated carbocycles. The number of aryl methyl sites for hydroxylation is 2. The molecule has 3 aromatic carbocycles. The molecule has 146 valence electrons. The molecule has 0 fully saturated rings. The van der Waals surface area contributed by atoms with Crippen molar-refractivity contribution in [3.05, 3.63) is 95.5 Å². The lowest BCUT2D eigenvalue weighted by atomic mass is 10.1. The molecule has 4 aromatic rings. The fraction of sp³-hybridized carbons (Fsp3) is 0.125. The molecule has 1 aromatic heterocycles. The lowest BCUT2D eigenvalue weighted by molar-refractivity contribution is 0.517. The number of hydrogen-bond acceptors (Lipinski definition) is 4. The minimum Gasteiger partial charge on any atom is -0.437 e. The summed E-state index contributed by atoms with van der Waals surface area (Å²) >= 11 is 0. The van der Waals surface area contributed by atoms with Crippen LogP contribution < -0.4 is 5.55 Å². The van der Waals surface area contributed by atoms with Crippen LogP contribution in [0.5, 0.6) is 0 Å². The Bertz CT molecular complexity index is 1330. The van der Waals surface area contributed by atoms with Crippen LogP contribution in [0.4, 0.5) is 5.69 Å². The molecule has 0 N–H and O–H groups in total. The highest BCUT2D eigenvalue weighted by Gasteiger charge is 2.22. The summed E-state index contributed by atoms with van der Waals surface area (Å²) in [5.41, 5.74) is 3.48. The maximum atomic E-state index is 13.4. The van der Waals surface area contributed by atoms with Crippen molar-refractivity contribution in [3.63, 3.8) is 0 Å². The maximum Gasteiger partial charge on any atom is 0.239 e. The Morgan fingerprint density at radius 2 is 1.59 bits per heavy atom. The summed E-state index contributed by atoms with van der Waals surface area (Å²) in [5, 5.41) is 0.707. The van der Waals surface area contributed by atoms with Gasteiger partial charge in [-0.2, -0.15) is 0 Å². The zero-order valence-electron chi connectivity index (χ0n) is 16.3. The third-order valence-corrected chi connectivity index (χ3v) is 6.58. The van der Waals surface area contributed by atoms with Gasteiger partial charge in [-0.15, -0.1) is 0 Å². The number of hydrogen-bond donors (Lipinski definition) is 0. The lowest BCUT2D eigenvalue weighted by Crippen LogP contribution is -2.15. The predicted octanol–water partition coefficient (Wildman–Crippen LogP) is 5.37. The minimum atomic E-state index is -3.80. The van der Waals surface area contributed by atoms with Crippen molar-refractivity contribution in [2.24, 2.45) is 4.99 Å². The topological polar surface area (TPSA) is 59.6 Å². The van der Waals surface area contributed by atoms with Gasteiger partial charge in [0.25, 0.3) is 0 Å². The smallest absolute Gasteiger partial charge is 0.239 e. The van der Waals surface area contributed by atoms with Crippen LogP contribution in [0.1, 0.15) is 18.1 Å². The molecule has 0 radical (unpaired) electrons. The SMILES string of the molecule is CCc1ccc(N=c2oc3ccccc3cc2S(=O)(=O)c2ccc(C)cc2)cc1. The van der Waals surface area contributed by atoms with Crippen molar-refractivity contribution in [1.29, 1.82) is 0 Å². The molecule has 0 aliphatic carbocycles. The first kappa shape index (κ1) is 19.2. The van der Waals surface area contributed by atoms with E-state index in [0.717, 1.165) is 12.0 Å². The van der Waals surface area contributed by atoms with Crippen molar-refractivity contribution >= 4 is 26.5 Å². The molecule has 4 nitrogen and oxygen atoms in total. The van der Waals surface area contributed by atoms with Crippen LogP contribution >= 0.6 is 0 Å². The molecule has 0 amide bonds. The molecule has 0 saturated heterocycles. The van der Waals surface area contributed by atoms with Crippen LogP contribution in [0.2, 0.25) is 0 Å². The maximum absolute atomic E-state index is 13.4. The Morgan fingerprint density at radius 1 is 0.897 bits per heavy atom. The van der Waals surface area contributed by atoms with Crippen LogP contribution in [0.25, 0.3) is 11.0 Å². The summed E-state index contributed by atoms with van der Waals surface area (Å²) in [4.78, 5) is 4.80. The molecule has 0 aliphatic rings. The normalized spacial score (nSPS) is 12.4.